The van der Waals surface area contributed by atoms with Crippen molar-refractivity contribution in [3.05, 3.63) is 35.9 Å². The molecule has 2 atom stereocenters. The number of amides is 2. The third kappa shape index (κ3) is 4.67. The first kappa shape index (κ1) is 23.2. The number of nitrogens with one attached hydrogen (secondary N) is 4. The van der Waals surface area contributed by atoms with Crippen LogP contribution in [0.3, 0.4) is 0 Å². The zero-order chi connectivity index (χ0) is 23.9. The second kappa shape index (κ2) is 9.25. The van der Waals surface area contributed by atoms with Crippen molar-refractivity contribution >= 4 is 23.4 Å². The van der Waals surface area contributed by atoms with E-state index in [0.29, 0.717) is 24.3 Å². The van der Waals surface area contributed by atoms with Crippen molar-refractivity contribution in [1.29, 1.82) is 10.8 Å². The maximum atomic E-state index is 13.1. The number of hydrogen-bond acceptors (Lipinski definition) is 5. The predicted molar refractivity (Wildman–Crippen MR) is 132 cm³/mol. The van der Waals surface area contributed by atoms with Crippen LogP contribution in [-0.4, -0.2) is 47.9 Å². The number of likely N-dealkylation sites (tertiary alicyclic amines) is 1. The van der Waals surface area contributed by atoms with Crippen LogP contribution < -0.4 is 10.6 Å². The van der Waals surface area contributed by atoms with Crippen LogP contribution in [0.15, 0.2) is 30.3 Å². The van der Waals surface area contributed by atoms with Gasteiger partial charge in [-0.2, -0.15) is 0 Å². The van der Waals surface area contributed by atoms with Crippen LogP contribution in [0, 0.1) is 45.8 Å². The third-order valence-corrected chi connectivity index (χ3v) is 8.78. The fourth-order valence-electron chi connectivity index (χ4n) is 7.53. The van der Waals surface area contributed by atoms with Crippen molar-refractivity contribution in [1.82, 2.24) is 15.5 Å². The monoisotopic (exact) mass is 463 g/mol. The van der Waals surface area contributed by atoms with E-state index in [1.807, 2.05) is 18.2 Å². The minimum atomic E-state index is -0.579. The van der Waals surface area contributed by atoms with E-state index < -0.39 is 5.91 Å². The van der Waals surface area contributed by atoms with Gasteiger partial charge in [-0.1, -0.05) is 37.3 Å². The predicted octanol–water partition coefficient (Wildman–Crippen LogP) is 3.20. The van der Waals surface area contributed by atoms with Gasteiger partial charge in [-0.15, -0.1) is 0 Å². The molecule has 0 radical (unpaired) electrons. The highest BCUT2D eigenvalue weighted by atomic mass is 16.2. The molecule has 1 saturated heterocycles. The van der Waals surface area contributed by atoms with Crippen LogP contribution in [-0.2, 0) is 16.1 Å². The van der Waals surface area contributed by atoms with Gasteiger partial charge in [0.2, 0.25) is 5.91 Å². The van der Waals surface area contributed by atoms with Crippen LogP contribution >= 0.6 is 0 Å². The summed E-state index contributed by atoms with van der Waals surface area (Å²) in [5.41, 5.74) is 0.775. The maximum absolute atomic E-state index is 13.1. The lowest BCUT2D eigenvalue weighted by atomic mass is 9.49. The molecule has 4 aliphatic carbocycles. The van der Waals surface area contributed by atoms with Crippen molar-refractivity contribution < 1.29 is 9.59 Å². The molecule has 5 fully saturated rings. The summed E-state index contributed by atoms with van der Waals surface area (Å²) in [7, 11) is 0. The second-order valence-electron chi connectivity index (χ2n) is 11.5. The summed E-state index contributed by atoms with van der Waals surface area (Å²) in [6, 6.07) is 10.3. The lowest BCUT2D eigenvalue weighted by molar-refractivity contribution is -0.145. The topological polar surface area (TPSA) is 109 Å². The van der Waals surface area contributed by atoms with E-state index >= 15 is 0 Å². The van der Waals surface area contributed by atoms with Gasteiger partial charge >= 0.3 is 0 Å². The molecular weight excluding hydrogens is 426 g/mol. The quantitative estimate of drug-likeness (QED) is 0.368. The minimum Gasteiger partial charge on any atom is -0.350 e. The highest BCUT2D eigenvalue weighted by molar-refractivity contribution is 6.41. The molecule has 182 valence electrons. The molecule has 5 aliphatic rings. The summed E-state index contributed by atoms with van der Waals surface area (Å²) in [6.45, 7) is 4.45. The van der Waals surface area contributed by atoms with Crippen molar-refractivity contribution in [2.24, 2.45) is 35.0 Å². The molecule has 4 N–H and O–H groups in total. The van der Waals surface area contributed by atoms with Gasteiger partial charge in [0.15, 0.2) is 0 Å². The van der Waals surface area contributed by atoms with Crippen molar-refractivity contribution in [2.45, 2.75) is 52.0 Å². The van der Waals surface area contributed by atoms with Gasteiger partial charge in [0, 0.05) is 31.0 Å². The highest BCUT2D eigenvalue weighted by Crippen LogP contribution is 2.60. The Bertz CT molecular complexity index is 939. The Kier molecular flexibility index (Phi) is 6.32. The van der Waals surface area contributed by atoms with Crippen LogP contribution in [0.4, 0.5) is 0 Å². The third-order valence-electron chi connectivity index (χ3n) is 8.78. The summed E-state index contributed by atoms with van der Waals surface area (Å²) < 4.78 is 0. The number of rotatable bonds is 7. The van der Waals surface area contributed by atoms with Crippen molar-refractivity contribution in [3.63, 3.8) is 0 Å². The Morgan fingerprint density at radius 2 is 1.62 bits per heavy atom. The minimum absolute atomic E-state index is 0.0280. The Balaban J connectivity index is 1.09. The lowest BCUT2D eigenvalue weighted by Gasteiger charge is -2.55. The molecule has 2 unspecified atom stereocenters. The molecule has 0 aromatic heterocycles. The molecule has 6 rings (SSSR count). The van der Waals surface area contributed by atoms with E-state index in [0.717, 1.165) is 32.4 Å². The van der Waals surface area contributed by atoms with Gasteiger partial charge in [0.1, 0.15) is 11.5 Å². The van der Waals surface area contributed by atoms with E-state index in [-0.39, 0.29) is 41.3 Å². The van der Waals surface area contributed by atoms with Crippen LogP contribution in [0.2, 0.25) is 0 Å². The molecule has 1 heterocycles. The molecule has 4 saturated carbocycles. The Morgan fingerprint density at radius 1 is 1.00 bits per heavy atom. The van der Waals surface area contributed by atoms with Crippen molar-refractivity contribution in [2.75, 3.05) is 19.6 Å². The van der Waals surface area contributed by atoms with Crippen LogP contribution in [0.25, 0.3) is 0 Å². The first-order valence-corrected chi connectivity index (χ1v) is 12.8. The molecule has 0 spiro atoms. The van der Waals surface area contributed by atoms with Gasteiger partial charge in [0.05, 0.1) is 6.54 Å². The summed E-state index contributed by atoms with van der Waals surface area (Å²) in [5.74, 6) is 1.83. The van der Waals surface area contributed by atoms with E-state index in [1.54, 1.807) is 0 Å². The average Bonchev–Trinajstić information content (AvgIpc) is 3.16. The lowest BCUT2D eigenvalue weighted by Crippen LogP contribution is -2.54. The smallest absolute Gasteiger partial charge is 0.272 e. The van der Waals surface area contributed by atoms with Gasteiger partial charge in [-0.25, -0.2) is 0 Å². The summed E-state index contributed by atoms with van der Waals surface area (Å²) in [6.07, 6.45) is 6.72. The number of nitrogens with zero attached hydrogens (tertiary/aromatic N) is 1. The van der Waals surface area contributed by atoms with Gasteiger partial charge in [0.25, 0.3) is 5.91 Å². The average molecular weight is 464 g/mol. The fraction of sp³-hybridized carbons (Fsp3) is 0.630. The molecule has 4 bridgehead atoms. The SMILES string of the molecule is CC1CN(Cc2ccccc2)CC1C(=N)NC(=O)C(=N)CNC(=O)C12CC3CC(CC(C3)C1)C2. The fourth-order valence-corrected chi connectivity index (χ4v) is 7.53. The van der Waals surface area contributed by atoms with Crippen LogP contribution in [0.1, 0.15) is 51.0 Å². The Morgan fingerprint density at radius 3 is 2.24 bits per heavy atom. The molecular formula is C27H37N5O2. The van der Waals surface area contributed by atoms with Crippen molar-refractivity contribution in [3.8, 4) is 0 Å². The van der Waals surface area contributed by atoms with Gasteiger partial charge in [-0.3, -0.25) is 25.3 Å². The molecule has 34 heavy (non-hydrogen) atoms. The standard InChI is InChI=1S/C27H37N5O2/c1-17-14-32(15-18-5-3-2-4-6-18)16-22(17)24(29)31-25(33)23(28)13-30-26(34)27-10-19-7-20(11-27)9-21(8-19)12-27/h2-6,17,19-22,28H,7-16H2,1H3,(H,30,34)(H2,29,31,33). The van der Waals surface area contributed by atoms with Crippen LogP contribution in [0.5, 0.6) is 0 Å². The molecule has 1 aliphatic heterocycles. The molecule has 1 aromatic rings. The van der Waals surface area contributed by atoms with E-state index in [2.05, 4.69) is 34.6 Å². The zero-order valence-corrected chi connectivity index (χ0v) is 20.1. The number of carbonyl (C=O) groups is 2. The highest BCUT2D eigenvalue weighted by Gasteiger charge is 2.54. The maximum Gasteiger partial charge on any atom is 0.272 e. The number of amidine groups is 1. The number of hydrogen-bond donors (Lipinski definition) is 4. The summed E-state index contributed by atoms with van der Waals surface area (Å²) >= 11 is 0. The largest absolute Gasteiger partial charge is 0.350 e. The van der Waals surface area contributed by atoms with Gasteiger partial charge in [-0.05, 0) is 67.8 Å². The molecule has 7 heteroatoms. The summed E-state index contributed by atoms with van der Waals surface area (Å²) in [5, 5.41) is 22.2. The van der Waals surface area contributed by atoms with E-state index in [4.69, 9.17) is 10.8 Å². The zero-order valence-electron chi connectivity index (χ0n) is 20.1. The molecule has 1 aromatic carbocycles. The number of carbonyl (C=O) groups excluding carboxylic acids is 2. The van der Waals surface area contributed by atoms with Gasteiger partial charge < -0.3 is 10.6 Å². The Labute approximate surface area is 202 Å². The summed E-state index contributed by atoms with van der Waals surface area (Å²) in [4.78, 5) is 28.0. The Hall–Kier alpha value is -2.54. The molecule has 2 amide bonds. The molecule has 7 nitrogen and oxygen atoms in total. The van der Waals surface area contributed by atoms with E-state index in [1.165, 1.54) is 24.8 Å². The van der Waals surface area contributed by atoms with E-state index in [9.17, 15) is 9.59 Å². The normalized spacial score (nSPS) is 34.1. The number of benzene rings is 1. The first-order valence-electron chi connectivity index (χ1n) is 12.8. The second-order valence-corrected chi connectivity index (χ2v) is 11.5. The first-order chi connectivity index (χ1) is 16.3.